The van der Waals surface area contributed by atoms with E-state index in [0.29, 0.717) is 0 Å². The molecule has 15 heavy (non-hydrogen) atoms. The van der Waals surface area contributed by atoms with Gasteiger partial charge in [-0.2, -0.15) is 0 Å². The smallest absolute Gasteiger partial charge is 0.185 e. The first kappa shape index (κ1) is 11.4. The Balaban J connectivity index is 2.66. The van der Waals surface area contributed by atoms with Crippen molar-refractivity contribution in [1.29, 1.82) is 0 Å². The summed E-state index contributed by atoms with van der Waals surface area (Å²) in [7, 11) is 1.97. The number of rotatable bonds is 3. The van der Waals surface area contributed by atoms with Gasteiger partial charge >= 0.3 is 0 Å². The van der Waals surface area contributed by atoms with Crippen molar-refractivity contribution < 1.29 is 10.2 Å². The maximum Gasteiger partial charge on any atom is 0.185 e. The highest BCUT2D eigenvalue weighted by molar-refractivity contribution is 6.60. The van der Waals surface area contributed by atoms with Gasteiger partial charge in [0, 0.05) is 0 Å². The fourth-order valence-electron chi connectivity index (χ4n) is 1.13. The lowest BCUT2D eigenvalue weighted by Gasteiger charge is -1.99. The van der Waals surface area contributed by atoms with E-state index in [1.54, 1.807) is 25.1 Å². The molecule has 0 heterocycles. The van der Waals surface area contributed by atoms with Gasteiger partial charge in [0.25, 0.3) is 0 Å². The van der Waals surface area contributed by atoms with Gasteiger partial charge in [0.15, 0.2) is 7.28 Å². The van der Waals surface area contributed by atoms with E-state index in [4.69, 9.17) is 10.2 Å². The topological polar surface area (TPSA) is 40.5 Å². The normalized spacial score (nSPS) is 12.7. The molecule has 0 fully saturated rings. The standard InChI is InChI=1S/C12H14BO2/c1-9(3-4-10(2)14)13-11-5-7-12(15)8-6-11/h3-8,14-15H,1-2H3/b9-3+,10-4+. The van der Waals surface area contributed by atoms with Crippen molar-refractivity contribution in [3.05, 3.63) is 47.6 Å². The minimum Gasteiger partial charge on any atom is -0.513 e. The van der Waals surface area contributed by atoms with Gasteiger partial charge in [0.05, 0.1) is 5.76 Å². The van der Waals surface area contributed by atoms with Crippen LogP contribution in [0.2, 0.25) is 0 Å². The molecule has 1 radical (unpaired) electrons. The number of phenols is 1. The van der Waals surface area contributed by atoms with E-state index in [1.807, 2.05) is 32.4 Å². The van der Waals surface area contributed by atoms with Crippen molar-refractivity contribution in [2.45, 2.75) is 13.8 Å². The molecule has 0 saturated carbocycles. The zero-order valence-electron chi connectivity index (χ0n) is 8.94. The summed E-state index contributed by atoms with van der Waals surface area (Å²) in [6, 6.07) is 6.96. The van der Waals surface area contributed by atoms with Crippen molar-refractivity contribution in [1.82, 2.24) is 0 Å². The first-order chi connectivity index (χ1) is 7.08. The van der Waals surface area contributed by atoms with Gasteiger partial charge in [-0.3, -0.25) is 0 Å². The predicted molar refractivity (Wildman–Crippen MR) is 63.6 cm³/mol. The zero-order chi connectivity index (χ0) is 11.3. The van der Waals surface area contributed by atoms with E-state index in [0.717, 1.165) is 10.9 Å². The minimum atomic E-state index is 0.264. The van der Waals surface area contributed by atoms with Gasteiger partial charge in [-0.25, -0.2) is 0 Å². The molecule has 0 spiro atoms. The highest BCUT2D eigenvalue weighted by Crippen LogP contribution is 2.03. The van der Waals surface area contributed by atoms with E-state index < -0.39 is 0 Å². The van der Waals surface area contributed by atoms with Crippen molar-refractivity contribution >= 4 is 12.7 Å². The van der Waals surface area contributed by atoms with Crippen molar-refractivity contribution in [2.24, 2.45) is 0 Å². The van der Waals surface area contributed by atoms with Crippen LogP contribution in [0.4, 0.5) is 0 Å². The summed E-state index contributed by atoms with van der Waals surface area (Å²) in [6.07, 6.45) is 3.48. The average molecular weight is 201 g/mol. The summed E-state index contributed by atoms with van der Waals surface area (Å²) in [6.45, 7) is 3.58. The largest absolute Gasteiger partial charge is 0.513 e. The molecule has 0 aliphatic rings. The van der Waals surface area contributed by atoms with Crippen molar-refractivity contribution in [3.8, 4) is 5.75 Å². The summed E-state index contributed by atoms with van der Waals surface area (Å²) in [5, 5.41) is 18.1. The van der Waals surface area contributed by atoms with E-state index in [2.05, 4.69) is 0 Å². The van der Waals surface area contributed by atoms with Gasteiger partial charge in [-0.1, -0.05) is 30.6 Å². The van der Waals surface area contributed by atoms with Crippen LogP contribution in [0.1, 0.15) is 13.8 Å². The Hall–Kier alpha value is -1.64. The van der Waals surface area contributed by atoms with Crippen LogP contribution in [0.15, 0.2) is 47.6 Å². The number of benzene rings is 1. The second-order valence-electron chi connectivity index (χ2n) is 3.45. The molecule has 3 heteroatoms. The SMILES string of the molecule is C/C([B]c1ccc(O)cc1)=C\C=C(/C)O. The quantitative estimate of drug-likeness (QED) is 0.446. The number of aliphatic hydroxyl groups excluding tert-OH is 1. The molecule has 2 N–H and O–H groups in total. The minimum absolute atomic E-state index is 0.264. The summed E-state index contributed by atoms with van der Waals surface area (Å²) in [5.41, 5.74) is 2.06. The molecular weight excluding hydrogens is 187 g/mol. The Morgan fingerprint density at radius 1 is 1.13 bits per heavy atom. The lowest BCUT2D eigenvalue weighted by Crippen LogP contribution is -2.14. The van der Waals surface area contributed by atoms with Gasteiger partial charge < -0.3 is 10.2 Å². The van der Waals surface area contributed by atoms with Crippen LogP contribution in [0, 0.1) is 0 Å². The molecule has 1 aromatic carbocycles. The Bertz CT molecular complexity index is 373. The van der Waals surface area contributed by atoms with Crippen LogP contribution < -0.4 is 5.46 Å². The first-order valence-electron chi connectivity index (χ1n) is 4.76. The number of hydrogen-bond donors (Lipinski definition) is 2. The molecule has 0 bridgehead atoms. The zero-order valence-corrected chi connectivity index (χ0v) is 8.94. The molecule has 1 aromatic rings. The van der Waals surface area contributed by atoms with Gasteiger partial charge in [-0.15, -0.1) is 5.47 Å². The van der Waals surface area contributed by atoms with E-state index >= 15 is 0 Å². The van der Waals surface area contributed by atoms with Crippen LogP contribution in [-0.2, 0) is 0 Å². The van der Waals surface area contributed by atoms with Crippen LogP contribution in [-0.4, -0.2) is 17.5 Å². The van der Waals surface area contributed by atoms with E-state index in [-0.39, 0.29) is 11.5 Å². The monoisotopic (exact) mass is 201 g/mol. The Morgan fingerprint density at radius 2 is 1.73 bits per heavy atom. The highest BCUT2D eigenvalue weighted by atomic mass is 16.3. The van der Waals surface area contributed by atoms with Crippen molar-refractivity contribution in [3.63, 3.8) is 0 Å². The number of hydrogen-bond acceptors (Lipinski definition) is 2. The van der Waals surface area contributed by atoms with Crippen LogP contribution in [0.3, 0.4) is 0 Å². The van der Waals surface area contributed by atoms with Crippen LogP contribution >= 0.6 is 0 Å². The fourth-order valence-corrected chi connectivity index (χ4v) is 1.13. The Morgan fingerprint density at radius 3 is 2.27 bits per heavy atom. The molecule has 1 rings (SSSR count). The molecule has 0 aliphatic carbocycles. The summed E-state index contributed by atoms with van der Waals surface area (Å²) < 4.78 is 0. The molecular formula is C12H14BO2. The summed E-state index contributed by atoms with van der Waals surface area (Å²) >= 11 is 0. The number of allylic oxidation sites excluding steroid dienone is 4. The van der Waals surface area contributed by atoms with E-state index in [1.165, 1.54) is 0 Å². The third-order valence-electron chi connectivity index (χ3n) is 1.87. The highest BCUT2D eigenvalue weighted by Gasteiger charge is 1.96. The molecule has 2 nitrogen and oxygen atoms in total. The molecule has 0 aliphatic heterocycles. The maximum atomic E-state index is 9.10. The molecule has 77 valence electrons. The summed E-state index contributed by atoms with van der Waals surface area (Å²) in [5.74, 6) is 0.549. The third kappa shape index (κ3) is 4.41. The lowest BCUT2D eigenvalue weighted by atomic mass is 9.64. The Kier molecular flexibility index (Phi) is 4.04. The van der Waals surface area contributed by atoms with Crippen LogP contribution in [0.25, 0.3) is 0 Å². The van der Waals surface area contributed by atoms with Crippen LogP contribution in [0.5, 0.6) is 5.75 Å². The van der Waals surface area contributed by atoms with Gasteiger partial charge in [0.1, 0.15) is 5.75 Å². The van der Waals surface area contributed by atoms with Crippen molar-refractivity contribution in [2.75, 3.05) is 0 Å². The summed E-state index contributed by atoms with van der Waals surface area (Å²) in [4.78, 5) is 0. The van der Waals surface area contributed by atoms with Gasteiger partial charge in [-0.05, 0) is 25.1 Å². The maximum absolute atomic E-state index is 9.10. The third-order valence-corrected chi connectivity index (χ3v) is 1.87. The lowest BCUT2D eigenvalue weighted by molar-refractivity contribution is 0.414. The molecule has 0 unspecified atom stereocenters. The molecule has 0 saturated heterocycles. The average Bonchev–Trinajstić information content (AvgIpc) is 2.19. The second kappa shape index (κ2) is 5.30. The number of phenolic OH excluding ortho intramolecular Hbond substituents is 1. The first-order valence-corrected chi connectivity index (χ1v) is 4.76. The van der Waals surface area contributed by atoms with E-state index in [9.17, 15) is 0 Å². The Labute approximate surface area is 90.8 Å². The molecule has 0 amide bonds. The number of aliphatic hydroxyl groups is 1. The van der Waals surface area contributed by atoms with Gasteiger partial charge in [0.2, 0.25) is 0 Å². The second-order valence-corrected chi connectivity index (χ2v) is 3.45. The molecule has 0 aromatic heterocycles. The fraction of sp³-hybridized carbons (Fsp3) is 0.167. The predicted octanol–water partition coefficient (Wildman–Crippen LogP) is 2.09. The molecule has 0 atom stereocenters. The number of aromatic hydroxyl groups is 1.